The van der Waals surface area contributed by atoms with E-state index in [0.717, 1.165) is 5.56 Å². The molecule has 0 saturated carbocycles. The highest BCUT2D eigenvalue weighted by Gasteiger charge is 2.34. The smallest absolute Gasteiger partial charge is 0.323 e. The van der Waals surface area contributed by atoms with Crippen LogP contribution in [0.1, 0.15) is 28.8 Å². The fourth-order valence-corrected chi connectivity index (χ4v) is 2.99. The lowest BCUT2D eigenvalue weighted by atomic mass is 10.1. The van der Waals surface area contributed by atoms with Gasteiger partial charge in [0.1, 0.15) is 6.04 Å². The Morgan fingerprint density at radius 1 is 1.15 bits per heavy atom. The number of aryl methyl sites for hydroxylation is 1. The first-order chi connectivity index (χ1) is 13.0. The molecule has 2 heterocycles. The zero-order valence-corrected chi connectivity index (χ0v) is 14.9. The third-order valence-electron chi connectivity index (χ3n) is 4.31. The molecule has 27 heavy (non-hydrogen) atoms. The first-order valence-electron chi connectivity index (χ1n) is 8.69. The van der Waals surface area contributed by atoms with E-state index in [0.29, 0.717) is 30.6 Å². The number of hydrazine groups is 1. The van der Waals surface area contributed by atoms with Gasteiger partial charge in [-0.05, 0) is 44.0 Å². The minimum absolute atomic E-state index is 0.277. The van der Waals surface area contributed by atoms with Crippen LogP contribution in [0.4, 0.5) is 10.5 Å². The maximum absolute atomic E-state index is 12.5. The highest BCUT2D eigenvalue weighted by molar-refractivity contribution is 5.98. The number of hydrogen-bond donors (Lipinski definition) is 3. The van der Waals surface area contributed by atoms with Gasteiger partial charge < -0.3 is 10.2 Å². The first-order valence-corrected chi connectivity index (χ1v) is 8.69. The van der Waals surface area contributed by atoms with Crippen molar-refractivity contribution in [2.75, 3.05) is 11.9 Å². The van der Waals surface area contributed by atoms with Gasteiger partial charge in [-0.3, -0.25) is 20.0 Å². The minimum atomic E-state index is -0.596. The lowest BCUT2D eigenvalue weighted by Gasteiger charge is -2.24. The number of hydrogen-bond acceptors (Lipinski definition) is 4. The van der Waals surface area contributed by atoms with Crippen molar-refractivity contribution in [3.63, 3.8) is 0 Å². The third kappa shape index (κ3) is 4.60. The van der Waals surface area contributed by atoms with E-state index in [-0.39, 0.29) is 5.91 Å². The molecule has 0 spiro atoms. The highest BCUT2D eigenvalue weighted by Crippen LogP contribution is 2.19. The molecule has 1 atom stereocenters. The molecule has 2 aromatic rings. The standard InChI is InChI=1S/C19H21N5O3/c1-13-5-2-6-14(11-13)17(25)22-23-19(27)24-10-4-8-16(24)18(26)21-15-7-3-9-20-12-15/h2-3,5-7,9,11-12,16H,4,8,10H2,1H3,(H,21,26)(H,22,25)(H,23,27)/t16-/m0/s1. The second-order valence-corrected chi connectivity index (χ2v) is 6.34. The fourth-order valence-electron chi connectivity index (χ4n) is 2.99. The number of amides is 4. The van der Waals surface area contributed by atoms with Crippen molar-refractivity contribution in [2.24, 2.45) is 0 Å². The zero-order valence-electron chi connectivity index (χ0n) is 14.9. The topological polar surface area (TPSA) is 103 Å². The summed E-state index contributed by atoms with van der Waals surface area (Å²) in [4.78, 5) is 42.4. The molecular formula is C19H21N5O3. The lowest BCUT2D eigenvalue weighted by Crippen LogP contribution is -2.52. The molecule has 0 radical (unpaired) electrons. The largest absolute Gasteiger partial charge is 0.336 e. The van der Waals surface area contributed by atoms with Gasteiger partial charge in [-0.1, -0.05) is 17.7 Å². The lowest BCUT2D eigenvalue weighted by molar-refractivity contribution is -0.119. The second-order valence-electron chi connectivity index (χ2n) is 6.34. The number of urea groups is 1. The molecule has 0 bridgehead atoms. The SMILES string of the molecule is Cc1cccc(C(=O)NNC(=O)N2CCC[C@H]2C(=O)Nc2cccnc2)c1. The Morgan fingerprint density at radius 2 is 2.00 bits per heavy atom. The number of rotatable bonds is 3. The molecule has 1 aliphatic rings. The predicted molar refractivity (Wildman–Crippen MR) is 99.8 cm³/mol. The molecular weight excluding hydrogens is 346 g/mol. The Balaban J connectivity index is 1.57. The molecule has 140 valence electrons. The van der Waals surface area contributed by atoms with E-state index in [1.54, 1.807) is 42.7 Å². The van der Waals surface area contributed by atoms with E-state index in [1.807, 2.05) is 13.0 Å². The van der Waals surface area contributed by atoms with Crippen LogP contribution in [0.3, 0.4) is 0 Å². The van der Waals surface area contributed by atoms with Gasteiger partial charge in [-0.2, -0.15) is 0 Å². The number of carbonyl (C=O) groups is 3. The van der Waals surface area contributed by atoms with Crippen LogP contribution < -0.4 is 16.2 Å². The number of pyridine rings is 1. The van der Waals surface area contributed by atoms with Gasteiger partial charge in [0.15, 0.2) is 0 Å². The maximum Gasteiger partial charge on any atom is 0.336 e. The molecule has 1 aliphatic heterocycles. The van der Waals surface area contributed by atoms with Crippen LogP contribution in [0.25, 0.3) is 0 Å². The van der Waals surface area contributed by atoms with E-state index >= 15 is 0 Å². The number of nitrogens with zero attached hydrogens (tertiary/aromatic N) is 2. The fraction of sp³-hybridized carbons (Fsp3) is 0.263. The van der Waals surface area contributed by atoms with E-state index < -0.39 is 18.0 Å². The monoisotopic (exact) mass is 367 g/mol. The summed E-state index contributed by atoms with van der Waals surface area (Å²) in [6.07, 6.45) is 4.43. The van der Waals surface area contributed by atoms with Crippen molar-refractivity contribution in [3.8, 4) is 0 Å². The average Bonchev–Trinajstić information content (AvgIpc) is 3.17. The molecule has 3 rings (SSSR count). The number of nitrogens with one attached hydrogen (secondary N) is 3. The van der Waals surface area contributed by atoms with Crippen molar-refractivity contribution < 1.29 is 14.4 Å². The molecule has 3 N–H and O–H groups in total. The van der Waals surface area contributed by atoms with Gasteiger partial charge in [0.2, 0.25) is 5.91 Å². The van der Waals surface area contributed by atoms with E-state index in [4.69, 9.17) is 0 Å². The van der Waals surface area contributed by atoms with Crippen LogP contribution in [0.2, 0.25) is 0 Å². The second kappa shape index (κ2) is 8.31. The highest BCUT2D eigenvalue weighted by atomic mass is 16.2. The summed E-state index contributed by atoms with van der Waals surface area (Å²) >= 11 is 0. The van der Waals surface area contributed by atoms with E-state index in [9.17, 15) is 14.4 Å². The summed E-state index contributed by atoms with van der Waals surface area (Å²) in [7, 11) is 0. The van der Waals surface area contributed by atoms with Crippen LogP contribution in [-0.4, -0.2) is 40.3 Å². The zero-order chi connectivity index (χ0) is 19.2. The van der Waals surface area contributed by atoms with Crippen molar-refractivity contribution >= 4 is 23.5 Å². The van der Waals surface area contributed by atoms with Crippen LogP contribution >= 0.6 is 0 Å². The van der Waals surface area contributed by atoms with Crippen LogP contribution in [0, 0.1) is 6.92 Å². The van der Waals surface area contributed by atoms with Gasteiger partial charge in [0.05, 0.1) is 11.9 Å². The Labute approximate surface area is 156 Å². The van der Waals surface area contributed by atoms with Gasteiger partial charge in [0, 0.05) is 18.3 Å². The molecule has 1 fully saturated rings. The number of aromatic nitrogens is 1. The van der Waals surface area contributed by atoms with E-state index in [2.05, 4.69) is 21.2 Å². The summed E-state index contributed by atoms with van der Waals surface area (Å²) in [5.74, 6) is -0.691. The summed E-state index contributed by atoms with van der Waals surface area (Å²) < 4.78 is 0. The molecule has 8 nitrogen and oxygen atoms in total. The predicted octanol–water partition coefficient (Wildman–Crippen LogP) is 1.85. The Kier molecular flexibility index (Phi) is 5.65. The molecule has 8 heteroatoms. The molecule has 0 aliphatic carbocycles. The van der Waals surface area contributed by atoms with Gasteiger partial charge >= 0.3 is 6.03 Å². The Bertz CT molecular complexity index is 840. The summed E-state index contributed by atoms with van der Waals surface area (Å²) in [6.45, 7) is 2.32. The quantitative estimate of drug-likeness (QED) is 0.720. The number of likely N-dealkylation sites (tertiary alicyclic amines) is 1. The van der Waals surface area contributed by atoms with Crippen LogP contribution in [0.15, 0.2) is 48.8 Å². The summed E-state index contributed by atoms with van der Waals surface area (Å²) in [5.41, 5.74) is 6.74. The number of anilines is 1. The van der Waals surface area contributed by atoms with Gasteiger partial charge in [0.25, 0.3) is 5.91 Å². The molecule has 0 unspecified atom stereocenters. The van der Waals surface area contributed by atoms with Gasteiger partial charge in [-0.15, -0.1) is 0 Å². The Morgan fingerprint density at radius 3 is 2.74 bits per heavy atom. The van der Waals surface area contributed by atoms with Crippen molar-refractivity contribution in [2.45, 2.75) is 25.8 Å². The Hall–Kier alpha value is -3.42. The van der Waals surface area contributed by atoms with Crippen LogP contribution in [-0.2, 0) is 4.79 Å². The van der Waals surface area contributed by atoms with Crippen molar-refractivity contribution in [1.82, 2.24) is 20.7 Å². The summed E-state index contributed by atoms with van der Waals surface area (Å²) in [5, 5.41) is 2.76. The molecule has 1 aromatic heterocycles. The number of carbonyl (C=O) groups excluding carboxylic acids is 3. The first kappa shape index (κ1) is 18.4. The van der Waals surface area contributed by atoms with Crippen LogP contribution in [0.5, 0.6) is 0 Å². The average molecular weight is 367 g/mol. The maximum atomic E-state index is 12.5. The number of benzene rings is 1. The third-order valence-corrected chi connectivity index (χ3v) is 4.31. The molecule has 1 saturated heterocycles. The van der Waals surface area contributed by atoms with Crippen molar-refractivity contribution in [3.05, 3.63) is 59.9 Å². The molecule has 1 aromatic carbocycles. The van der Waals surface area contributed by atoms with Crippen molar-refractivity contribution in [1.29, 1.82) is 0 Å². The van der Waals surface area contributed by atoms with E-state index in [1.165, 1.54) is 4.90 Å². The normalized spacial score (nSPS) is 15.9. The minimum Gasteiger partial charge on any atom is -0.323 e. The summed E-state index contributed by atoms with van der Waals surface area (Å²) in [6, 6.07) is 9.37. The van der Waals surface area contributed by atoms with Gasteiger partial charge in [-0.25, -0.2) is 10.2 Å². The molecule has 4 amide bonds.